The van der Waals surface area contributed by atoms with Crippen LogP contribution >= 0.6 is 15.9 Å². The molecule has 1 aliphatic rings. The summed E-state index contributed by atoms with van der Waals surface area (Å²) in [5.74, 6) is -0.143. The van der Waals surface area contributed by atoms with Crippen LogP contribution in [0.3, 0.4) is 0 Å². The van der Waals surface area contributed by atoms with E-state index in [2.05, 4.69) is 20.7 Å². The number of sulfonamides is 1. The number of anilines is 1. The molecule has 0 spiro atoms. The molecule has 0 saturated carbocycles. The summed E-state index contributed by atoms with van der Waals surface area (Å²) in [6.45, 7) is 5.71. The van der Waals surface area contributed by atoms with Gasteiger partial charge in [-0.15, -0.1) is 0 Å². The second-order valence-electron chi connectivity index (χ2n) is 5.26. The third-order valence-corrected chi connectivity index (χ3v) is 5.69. The molecule has 0 aliphatic carbocycles. The van der Waals surface area contributed by atoms with Crippen LogP contribution in [0.4, 0.5) is 5.69 Å². The Morgan fingerprint density at radius 1 is 1.48 bits per heavy atom. The molecule has 0 radical (unpaired) electrons. The van der Waals surface area contributed by atoms with Crippen LogP contribution in [-0.2, 0) is 21.2 Å². The number of fused-ring (bicyclic) bond motifs is 1. The van der Waals surface area contributed by atoms with Gasteiger partial charge in [0.25, 0.3) is 0 Å². The van der Waals surface area contributed by atoms with Gasteiger partial charge in [0.15, 0.2) is 0 Å². The lowest BCUT2D eigenvalue weighted by molar-refractivity contribution is -0.116. The molecule has 0 bridgehead atoms. The maximum atomic E-state index is 12.6. The molecule has 1 atom stereocenters. The van der Waals surface area contributed by atoms with E-state index >= 15 is 0 Å². The van der Waals surface area contributed by atoms with Gasteiger partial charge in [-0.25, -0.2) is 13.1 Å². The molecule has 5 nitrogen and oxygen atoms in total. The molecule has 116 valence electrons. The average molecular weight is 375 g/mol. The number of rotatable bonds is 4. The number of nitrogens with zero attached hydrogens (tertiary/aromatic N) is 1. The summed E-state index contributed by atoms with van der Waals surface area (Å²) in [4.78, 5) is 13.5. The van der Waals surface area contributed by atoms with E-state index in [1.807, 2.05) is 19.9 Å². The van der Waals surface area contributed by atoms with E-state index in [1.54, 1.807) is 6.07 Å². The first-order valence-electron chi connectivity index (χ1n) is 6.89. The van der Waals surface area contributed by atoms with Crippen molar-refractivity contribution in [3.63, 3.8) is 0 Å². The van der Waals surface area contributed by atoms with Gasteiger partial charge in [0.1, 0.15) is 4.90 Å². The van der Waals surface area contributed by atoms with Crippen LogP contribution in [-0.4, -0.2) is 26.9 Å². The molecule has 0 saturated heterocycles. The Morgan fingerprint density at radius 2 is 2.14 bits per heavy atom. The lowest BCUT2D eigenvalue weighted by atomic mass is 10.2. The van der Waals surface area contributed by atoms with Crippen molar-refractivity contribution < 1.29 is 13.2 Å². The van der Waals surface area contributed by atoms with E-state index in [4.69, 9.17) is 0 Å². The molecule has 1 aliphatic heterocycles. The molecule has 1 unspecified atom stereocenters. The van der Waals surface area contributed by atoms with Crippen molar-refractivity contribution in [3.05, 3.63) is 22.2 Å². The molecule has 7 heteroatoms. The summed E-state index contributed by atoms with van der Waals surface area (Å²) in [5.41, 5.74) is 1.39. The largest absolute Gasteiger partial charge is 0.311 e. The first-order chi connectivity index (χ1) is 9.76. The van der Waals surface area contributed by atoms with Gasteiger partial charge in [0.05, 0.1) is 5.69 Å². The predicted molar refractivity (Wildman–Crippen MR) is 85.9 cm³/mol. The third-order valence-electron chi connectivity index (χ3n) is 3.63. The minimum atomic E-state index is -3.66. The number of halogens is 1. The molecule has 0 fully saturated rings. The zero-order valence-corrected chi connectivity index (χ0v) is 14.7. The summed E-state index contributed by atoms with van der Waals surface area (Å²) in [6.07, 6.45) is 1.37. The Kier molecular flexibility index (Phi) is 4.75. The molecule has 0 aromatic heterocycles. The van der Waals surface area contributed by atoms with E-state index in [0.717, 1.165) is 5.56 Å². The molecule has 21 heavy (non-hydrogen) atoms. The smallest absolute Gasteiger partial charge is 0.242 e. The summed E-state index contributed by atoms with van der Waals surface area (Å²) in [5, 5.41) is 0. The minimum absolute atomic E-state index is 0.143. The highest BCUT2D eigenvalue weighted by atomic mass is 79.9. The third kappa shape index (κ3) is 3.30. The molecule has 1 aromatic carbocycles. The summed E-state index contributed by atoms with van der Waals surface area (Å²) in [7, 11) is -3.66. The van der Waals surface area contributed by atoms with Crippen LogP contribution in [0.2, 0.25) is 0 Å². The Morgan fingerprint density at radius 3 is 2.71 bits per heavy atom. The quantitative estimate of drug-likeness (QED) is 0.879. The molecular formula is C14H19BrN2O3S. The molecular weight excluding hydrogens is 356 g/mol. The van der Waals surface area contributed by atoms with Crippen molar-refractivity contribution in [2.24, 2.45) is 0 Å². The zero-order chi connectivity index (χ0) is 15.8. The minimum Gasteiger partial charge on any atom is -0.311 e. The van der Waals surface area contributed by atoms with E-state index in [1.165, 1.54) is 11.8 Å². The van der Waals surface area contributed by atoms with Crippen molar-refractivity contribution in [3.8, 4) is 0 Å². The Hall–Kier alpha value is -0.920. The fraction of sp³-hybridized carbons (Fsp3) is 0.500. The second kappa shape index (κ2) is 6.06. The van der Waals surface area contributed by atoms with Crippen molar-refractivity contribution in [2.75, 3.05) is 11.4 Å². The normalized spacial score (nSPS) is 15.9. The average Bonchev–Trinajstić information content (AvgIpc) is 2.80. The van der Waals surface area contributed by atoms with E-state index < -0.39 is 10.0 Å². The topological polar surface area (TPSA) is 66.5 Å². The molecule has 2 rings (SSSR count). The van der Waals surface area contributed by atoms with Crippen molar-refractivity contribution >= 4 is 37.5 Å². The lowest BCUT2D eigenvalue weighted by Crippen LogP contribution is -2.34. The first kappa shape index (κ1) is 16.5. The second-order valence-corrected chi connectivity index (χ2v) is 7.86. The molecule has 1 heterocycles. The highest BCUT2D eigenvalue weighted by Gasteiger charge is 2.31. The lowest BCUT2D eigenvalue weighted by Gasteiger charge is -2.20. The highest BCUT2D eigenvalue weighted by molar-refractivity contribution is 9.10. The maximum absolute atomic E-state index is 12.6. The molecule has 1 N–H and O–H groups in total. The van der Waals surface area contributed by atoms with Gasteiger partial charge in [0.2, 0.25) is 15.9 Å². The number of nitrogens with one attached hydrogen (secondary N) is 1. The Bertz CT molecular complexity index is 673. The van der Waals surface area contributed by atoms with Crippen LogP contribution in [0.5, 0.6) is 0 Å². The van der Waals surface area contributed by atoms with Crippen LogP contribution in [0.1, 0.15) is 32.8 Å². The number of hydrogen-bond donors (Lipinski definition) is 1. The van der Waals surface area contributed by atoms with Crippen LogP contribution in [0.25, 0.3) is 0 Å². The zero-order valence-electron chi connectivity index (χ0n) is 12.3. The van der Waals surface area contributed by atoms with Gasteiger partial charge in [-0.1, -0.05) is 22.9 Å². The number of amides is 1. The number of hydrogen-bond acceptors (Lipinski definition) is 3. The first-order valence-corrected chi connectivity index (χ1v) is 9.16. The van der Waals surface area contributed by atoms with Crippen LogP contribution in [0, 0.1) is 0 Å². The fourth-order valence-electron chi connectivity index (χ4n) is 2.40. The Balaban J connectivity index is 2.57. The van der Waals surface area contributed by atoms with Gasteiger partial charge in [0, 0.05) is 24.0 Å². The SMILES string of the molecule is CCC(C)NS(=O)(=O)c1cc(Br)cc2c1N(C(C)=O)CC2. The van der Waals surface area contributed by atoms with Gasteiger partial charge in [-0.3, -0.25) is 4.79 Å². The van der Waals surface area contributed by atoms with Crippen molar-refractivity contribution in [1.82, 2.24) is 4.72 Å². The fourth-order valence-corrected chi connectivity index (χ4v) is 4.66. The standard InChI is InChI=1S/C14H19BrN2O3S/c1-4-9(2)16-21(19,20)13-8-12(15)7-11-5-6-17(10(3)18)14(11)13/h7-9,16H,4-6H2,1-3H3. The van der Waals surface area contributed by atoms with E-state index in [0.29, 0.717) is 29.5 Å². The predicted octanol–water partition coefficient (Wildman–Crippen LogP) is 2.43. The summed E-state index contributed by atoms with van der Waals surface area (Å²) < 4.78 is 28.6. The van der Waals surface area contributed by atoms with Gasteiger partial charge in [-0.2, -0.15) is 0 Å². The van der Waals surface area contributed by atoms with Crippen molar-refractivity contribution in [1.29, 1.82) is 0 Å². The maximum Gasteiger partial charge on any atom is 0.242 e. The number of carbonyl (C=O) groups is 1. The van der Waals surface area contributed by atoms with Crippen molar-refractivity contribution in [2.45, 2.75) is 44.6 Å². The van der Waals surface area contributed by atoms with Gasteiger partial charge >= 0.3 is 0 Å². The number of benzene rings is 1. The van der Waals surface area contributed by atoms with E-state index in [-0.39, 0.29) is 16.8 Å². The van der Waals surface area contributed by atoms with Crippen LogP contribution in [0.15, 0.2) is 21.5 Å². The Labute approximate surface area is 133 Å². The summed E-state index contributed by atoms with van der Waals surface area (Å²) >= 11 is 3.35. The molecule has 1 amide bonds. The van der Waals surface area contributed by atoms with Crippen LogP contribution < -0.4 is 9.62 Å². The monoisotopic (exact) mass is 374 g/mol. The number of carbonyl (C=O) groups excluding carboxylic acids is 1. The summed E-state index contributed by atoms with van der Waals surface area (Å²) in [6, 6.07) is 3.28. The molecule has 1 aromatic rings. The van der Waals surface area contributed by atoms with Gasteiger partial charge < -0.3 is 4.90 Å². The van der Waals surface area contributed by atoms with Gasteiger partial charge in [-0.05, 0) is 37.5 Å². The highest BCUT2D eigenvalue weighted by Crippen LogP contribution is 2.37. The van der Waals surface area contributed by atoms with E-state index in [9.17, 15) is 13.2 Å².